The van der Waals surface area contributed by atoms with Crippen LogP contribution in [0.2, 0.25) is 0 Å². The molecule has 0 bridgehead atoms. The van der Waals surface area contributed by atoms with Crippen molar-refractivity contribution in [1.82, 2.24) is 9.97 Å². The van der Waals surface area contributed by atoms with Gasteiger partial charge in [-0.2, -0.15) is 0 Å². The fraction of sp³-hybridized carbons (Fsp3) is 0.583. The SMILES string of the molecule is CCc1cc(N2C[C@@H](C)[C@H](C(=O)O)C2)ncn1. The summed E-state index contributed by atoms with van der Waals surface area (Å²) in [5.41, 5.74) is 0.987. The minimum Gasteiger partial charge on any atom is -0.481 e. The molecule has 0 spiro atoms. The third-order valence-corrected chi connectivity index (χ3v) is 3.33. The molecule has 2 atom stereocenters. The highest BCUT2D eigenvalue weighted by atomic mass is 16.4. The van der Waals surface area contributed by atoms with Crippen LogP contribution in [-0.2, 0) is 11.2 Å². The van der Waals surface area contributed by atoms with Crippen molar-refractivity contribution in [1.29, 1.82) is 0 Å². The normalized spacial score (nSPS) is 24.0. The van der Waals surface area contributed by atoms with E-state index in [4.69, 9.17) is 5.11 Å². The Labute approximate surface area is 100 Å². The Balaban J connectivity index is 2.16. The van der Waals surface area contributed by atoms with Gasteiger partial charge in [-0.1, -0.05) is 13.8 Å². The summed E-state index contributed by atoms with van der Waals surface area (Å²) in [4.78, 5) is 21.5. The Morgan fingerprint density at radius 1 is 1.53 bits per heavy atom. The number of aliphatic carboxylic acids is 1. The van der Waals surface area contributed by atoms with Crippen LogP contribution in [0.4, 0.5) is 5.82 Å². The summed E-state index contributed by atoms with van der Waals surface area (Å²) in [6, 6.07) is 1.94. The topological polar surface area (TPSA) is 66.3 Å². The summed E-state index contributed by atoms with van der Waals surface area (Å²) in [5, 5.41) is 9.09. The lowest BCUT2D eigenvalue weighted by molar-refractivity contribution is -0.142. The van der Waals surface area contributed by atoms with Crippen molar-refractivity contribution in [2.45, 2.75) is 20.3 Å². The number of aromatic nitrogens is 2. The van der Waals surface area contributed by atoms with Crippen molar-refractivity contribution in [3.8, 4) is 0 Å². The Morgan fingerprint density at radius 3 is 2.88 bits per heavy atom. The van der Waals surface area contributed by atoms with Gasteiger partial charge in [0.15, 0.2) is 0 Å². The van der Waals surface area contributed by atoms with Crippen LogP contribution < -0.4 is 4.90 Å². The number of carboxylic acid groups (broad SMARTS) is 1. The van der Waals surface area contributed by atoms with Crippen LogP contribution in [0, 0.1) is 11.8 Å². The standard InChI is InChI=1S/C12H17N3O2/c1-3-9-4-11(14-7-13-9)15-5-8(2)10(6-15)12(16)17/h4,7-8,10H,3,5-6H2,1-2H3,(H,16,17)/t8-,10-/m1/s1. The fourth-order valence-electron chi connectivity index (χ4n) is 2.23. The molecule has 92 valence electrons. The Hall–Kier alpha value is -1.65. The maximum Gasteiger partial charge on any atom is 0.308 e. The van der Waals surface area contributed by atoms with Crippen molar-refractivity contribution in [3.05, 3.63) is 18.1 Å². The summed E-state index contributed by atoms with van der Waals surface area (Å²) in [6.07, 6.45) is 2.41. The molecule has 0 aromatic carbocycles. The van der Waals surface area contributed by atoms with E-state index in [9.17, 15) is 4.79 Å². The summed E-state index contributed by atoms with van der Waals surface area (Å²) in [5.74, 6) is -0.0141. The summed E-state index contributed by atoms with van der Waals surface area (Å²) in [7, 11) is 0. The highest BCUT2D eigenvalue weighted by Gasteiger charge is 2.35. The number of rotatable bonds is 3. The molecule has 1 fully saturated rings. The van der Waals surface area contributed by atoms with Gasteiger partial charge in [0.05, 0.1) is 5.92 Å². The zero-order chi connectivity index (χ0) is 12.4. The molecule has 2 heterocycles. The molecule has 0 aliphatic carbocycles. The largest absolute Gasteiger partial charge is 0.481 e. The zero-order valence-electron chi connectivity index (χ0n) is 10.1. The lowest BCUT2D eigenvalue weighted by atomic mass is 9.99. The maximum absolute atomic E-state index is 11.1. The molecule has 1 aliphatic rings. The predicted molar refractivity (Wildman–Crippen MR) is 63.9 cm³/mol. The predicted octanol–water partition coefficient (Wildman–Crippen LogP) is 1.20. The van der Waals surface area contributed by atoms with Crippen molar-refractivity contribution in [3.63, 3.8) is 0 Å². The minimum atomic E-state index is -0.718. The summed E-state index contributed by atoms with van der Waals surface area (Å²) in [6.45, 7) is 5.30. The number of hydrogen-bond donors (Lipinski definition) is 1. The molecule has 0 radical (unpaired) electrons. The van der Waals surface area contributed by atoms with E-state index in [2.05, 4.69) is 9.97 Å². The number of nitrogens with zero attached hydrogens (tertiary/aromatic N) is 3. The van der Waals surface area contributed by atoms with E-state index in [1.807, 2.05) is 24.8 Å². The van der Waals surface area contributed by atoms with Crippen molar-refractivity contribution >= 4 is 11.8 Å². The number of carboxylic acids is 1. The lowest BCUT2D eigenvalue weighted by Crippen LogP contribution is -2.23. The number of aryl methyl sites for hydroxylation is 1. The molecule has 0 saturated carbocycles. The van der Waals surface area contributed by atoms with E-state index in [1.54, 1.807) is 6.33 Å². The molecule has 0 unspecified atom stereocenters. The van der Waals surface area contributed by atoms with Crippen molar-refractivity contribution in [2.75, 3.05) is 18.0 Å². The fourth-order valence-corrected chi connectivity index (χ4v) is 2.23. The maximum atomic E-state index is 11.1. The van der Waals surface area contributed by atoms with Crippen LogP contribution in [0.5, 0.6) is 0 Å². The second kappa shape index (κ2) is 4.69. The first kappa shape index (κ1) is 11.8. The molecule has 17 heavy (non-hydrogen) atoms. The highest BCUT2D eigenvalue weighted by molar-refractivity contribution is 5.72. The van der Waals surface area contributed by atoms with Crippen LogP contribution in [0.25, 0.3) is 0 Å². The zero-order valence-corrected chi connectivity index (χ0v) is 10.1. The molecular formula is C12H17N3O2. The Kier molecular flexibility index (Phi) is 3.26. The Bertz CT molecular complexity index is 422. The van der Waals surface area contributed by atoms with Crippen LogP contribution >= 0.6 is 0 Å². The van der Waals surface area contributed by atoms with Crippen LogP contribution in [-0.4, -0.2) is 34.1 Å². The van der Waals surface area contributed by atoms with E-state index in [0.29, 0.717) is 6.54 Å². The monoisotopic (exact) mass is 235 g/mol. The second-order valence-corrected chi connectivity index (χ2v) is 4.55. The van der Waals surface area contributed by atoms with Crippen molar-refractivity contribution in [2.24, 2.45) is 11.8 Å². The van der Waals surface area contributed by atoms with Gasteiger partial charge >= 0.3 is 5.97 Å². The third kappa shape index (κ3) is 2.38. The minimum absolute atomic E-state index is 0.160. The van der Waals surface area contributed by atoms with E-state index >= 15 is 0 Å². The van der Waals surface area contributed by atoms with Crippen LogP contribution in [0.3, 0.4) is 0 Å². The second-order valence-electron chi connectivity index (χ2n) is 4.55. The van der Waals surface area contributed by atoms with E-state index in [-0.39, 0.29) is 11.8 Å². The summed E-state index contributed by atoms with van der Waals surface area (Å²) < 4.78 is 0. The number of anilines is 1. The average Bonchev–Trinajstić information content (AvgIpc) is 2.71. The first-order valence-electron chi connectivity index (χ1n) is 5.90. The van der Waals surface area contributed by atoms with Gasteiger partial charge in [0.25, 0.3) is 0 Å². The molecule has 5 nitrogen and oxygen atoms in total. The lowest BCUT2D eigenvalue weighted by Gasteiger charge is -2.16. The van der Waals surface area contributed by atoms with Gasteiger partial charge in [0, 0.05) is 24.8 Å². The molecular weight excluding hydrogens is 218 g/mol. The molecule has 1 N–H and O–H groups in total. The van der Waals surface area contributed by atoms with Crippen molar-refractivity contribution < 1.29 is 9.90 Å². The van der Waals surface area contributed by atoms with Gasteiger partial charge < -0.3 is 10.0 Å². The molecule has 5 heteroatoms. The van der Waals surface area contributed by atoms with Crippen LogP contribution in [0.15, 0.2) is 12.4 Å². The summed E-state index contributed by atoms with van der Waals surface area (Å²) >= 11 is 0. The molecule has 1 saturated heterocycles. The molecule has 0 amide bonds. The van der Waals surface area contributed by atoms with Gasteiger partial charge in [-0.3, -0.25) is 4.79 Å². The van der Waals surface area contributed by atoms with E-state index in [0.717, 1.165) is 24.5 Å². The molecule has 2 rings (SSSR count). The first-order chi connectivity index (χ1) is 8.11. The Morgan fingerprint density at radius 2 is 2.29 bits per heavy atom. The molecule has 1 aliphatic heterocycles. The first-order valence-corrected chi connectivity index (χ1v) is 5.90. The van der Waals surface area contributed by atoms with E-state index in [1.165, 1.54) is 0 Å². The van der Waals surface area contributed by atoms with Crippen LogP contribution in [0.1, 0.15) is 19.5 Å². The number of carbonyl (C=O) groups is 1. The van der Waals surface area contributed by atoms with Gasteiger partial charge in [-0.05, 0) is 12.3 Å². The number of hydrogen-bond acceptors (Lipinski definition) is 4. The van der Waals surface area contributed by atoms with Gasteiger partial charge in [-0.15, -0.1) is 0 Å². The average molecular weight is 235 g/mol. The van der Waals surface area contributed by atoms with Gasteiger partial charge in [0.1, 0.15) is 12.1 Å². The van der Waals surface area contributed by atoms with Gasteiger partial charge in [0.2, 0.25) is 0 Å². The quantitative estimate of drug-likeness (QED) is 0.852. The third-order valence-electron chi connectivity index (χ3n) is 3.33. The smallest absolute Gasteiger partial charge is 0.308 e. The molecule has 1 aromatic heterocycles. The highest BCUT2D eigenvalue weighted by Crippen LogP contribution is 2.27. The molecule has 1 aromatic rings. The van der Waals surface area contributed by atoms with E-state index < -0.39 is 5.97 Å². The van der Waals surface area contributed by atoms with Gasteiger partial charge in [-0.25, -0.2) is 9.97 Å².